The van der Waals surface area contributed by atoms with E-state index in [0.29, 0.717) is 77.0 Å². The number of carbonyl (C=O) groups excluding carboxylic acids is 1. The first-order valence-electron chi connectivity index (χ1n) is 14.8. The molecule has 5 rings (SSSR count). The molecular weight excluding hydrogens is 584 g/mol. The number of hydrogen-bond acceptors (Lipinski definition) is 7. The van der Waals surface area contributed by atoms with E-state index in [-0.39, 0.29) is 29.1 Å². The van der Waals surface area contributed by atoms with Crippen LogP contribution in [-0.2, 0) is 12.8 Å². The largest absolute Gasteiger partial charge is 0.497 e. The van der Waals surface area contributed by atoms with Crippen LogP contribution in [0.1, 0.15) is 61.4 Å². The van der Waals surface area contributed by atoms with Gasteiger partial charge in [-0.15, -0.1) is 11.3 Å². The molecule has 4 heterocycles. The molecule has 4 aromatic rings. The summed E-state index contributed by atoms with van der Waals surface area (Å²) in [4.78, 5) is 39.3. The SMILES string of the molecule is CCc1ccc(OC)cc1-n1c(CC(C)C)c(C(=O)N2CCN[C@@H](C)C2)cc(-c2nc(-c3ccc(C(F)F)nc3)cs2)c1=O. The third-order valence-corrected chi connectivity index (χ3v) is 8.62. The lowest BCUT2D eigenvalue weighted by atomic mass is 9.98. The average molecular weight is 622 g/mol. The van der Waals surface area contributed by atoms with Gasteiger partial charge in [-0.25, -0.2) is 13.8 Å². The number of rotatable bonds is 9. The molecular formula is C33H37F2N5O3S. The number of piperazine rings is 1. The number of carbonyl (C=O) groups is 1. The van der Waals surface area contributed by atoms with Gasteiger partial charge >= 0.3 is 0 Å². The van der Waals surface area contributed by atoms with E-state index in [2.05, 4.69) is 24.1 Å². The number of amides is 1. The number of halogens is 2. The van der Waals surface area contributed by atoms with Crippen LogP contribution in [0.3, 0.4) is 0 Å². The lowest BCUT2D eigenvalue weighted by molar-refractivity contribution is 0.0707. The fourth-order valence-electron chi connectivity index (χ4n) is 5.51. The number of thiazole rings is 1. The normalized spacial score (nSPS) is 15.3. The van der Waals surface area contributed by atoms with Crippen LogP contribution in [0.5, 0.6) is 5.75 Å². The number of nitrogens with zero attached hydrogens (tertiary/aromatic N) is 4. The monoisotopic (exact) mass is 621 g/mol. The Kier molecular flexibility index (Phi) is 9.55. The van der Waals surface area contributed by atoms with Crippen LogP contribution in [-0.4, -0.2) is 58.1 Å². The number of aromatic nitrogens is 3. The van der Waals surface area contributed by atoms with E-state index in [0.717, 1.165) is 5.56 Å². The molecule has 1 N–H and O–H groups in total. The zero-order valence-corrected chi connectivity index (χ0v) is 26.4. The van der Waals surface area contributed by atoms with Crippen molar-refractivity contribution < 1.29 is 18.3 Å². The molecule has 1 amide bonds. The number of pyridine rings is 2. The van der Waals surface area contributed by atoms with Crippen LogP contribution < -0.4 is 15.6 Å². The quantitative estimate of drug-likeness (QED) is 0.241. The van der Waals surface area contributed by atoms with Gasteiger partial charge in [0.25, 0.3) is 17.9 Å². The summed E-state index contributed by atoms with van der Waals surface area (Å²) < 4.78 is 33.4. The summed E-state index contributed by atoms with van der Waals surface area (Å²) in [5.74, 6) is 0.629. The maximum atomic E-state index is 14.6. The lowest BCUT2D eigenvalue weighted by Gasteiger charge is -2.33. The minimum Gasteiger partial charge on any atom is -0.497 e. The van der Waals surface area contributed by atoms with E-state index >= 15 is 0 Å². The molecule has 44 heavy (non-hydrogen) atoms. The van der Waals surface area contributed by atoms with Crippen molar-refractivity contribution in [2.24, 2.45) is 5.92 Å². The van der Waals surface area contributed by atoms with Crippen LogP contribution in [0, 0.1) is 5.92 Å². The van der Waals surface area contributed by atoms with Crippen LogP contribution in [0.2, 0.25) is 0 Å². The van der Waals surface area contributed by atoms with Crippen molar-refractivity contribution in [3.63, 3.8) is 0 Å². The second kappa shape index (κ2) is 13.4. The third kappa shape index (κ3) is 6.44. The molecule has 1 saturated heterocycles. The molecule has 0 saturated carbocycles. The second-order valence-corrected chi connectivity index (χ2v) is 12.3. The van der Waals surface area contributed by atoms with Crippen molar-refractivity contribution in [2.75, 3.05) is 26.7 Å². The first-order valence-corrected chi connectivity index (χ1v) is 15.7. The first-order chi connectivity index (χ1) is 21.1. The first kappa shape index (κ1) is 31.5. The molecule has 1 aliphatic heterocycles. The predicted octanol–water partition coefficient (Wildman–Crippen LogP) is 6.16. The number of benzene rings is 1. The summed E-state index contributed by atoms with van der Waals surface area (Å²) in [6.45, 7) is 10.00. The smallest absolute Gasteiger partial charge is 0.280 e. The number of hydrogen-bond donors (Lipinski definition) is 1. The van der Waals surface area contributed by atoms with Gasteiger partial charge in [-0.05, 0) is 55.5 Å². The Labute approximate surface area is 259 Å². The Morgan fingerprint density at radius 2 is 2.00 bits per heavy atom. The summed E-state index contributed by atoms with van der Waals surface area (Å²) >= 11 is 1.26. The average Bonchev–Trinajstić information content (AvgIpc) is 3.50. The molecule has 3 aromatic heterocycles. The Hall–Kier alpha value is -3.96. The summed E-state index contributed by atoms with van der Waals surface area (Å²) in [5.41, 5.74) is 3.47. The van der Waals surface area contributed by atoms with Gasteiger partial charge in [0.2, 0.25) is 0 Å². The molecule has 1 atom stereocenters. The summed E-state index contributed by atoms with van der Waals surface area (Å²) in [5, 5.41) is 5.58. The standard InChI is InChI=1S/C33H37F2N5O3S/c1-6-21-7-9-23(43-5)14-28(21)40-29(13-19(2)3)24(32(41)39-12-11-36-20(4)17-39)15-25(33(40)42)31-38-27(18-44-31)22-8-10-26(30(34)35)37-16-22/h7-10,14-16,18-20,30,36H,6,11-13,17H2,1-5H3/t20-/m0/s1. The number of aryl methyl sites for hydroxylation is 1. The third-order valence-electron chi connectivity index (χ3n) is 7.75. The Balaban J connectivity index is 1.75. The molecule has 1 aromatic carbocycles. The minimum atomic E-state index is -2.67. The minimum absolute atomic E-state index is 0.131. The molecule has 1 aliphatic rings. The topological polar surface area (TPSA) is 89.3 Å². The zero-order chi connectivity index (χ0) is 31.5. The summed E-state index contributed by atoms with van der Waals surface area (Å²) in [7, 11) is 1.58. The number of alkyl halides is 2. The Morgan fingerprint density at radius 3 is 2.64 bits per heavy atom. The second-order valence-electron chi connectivity index (χ2n) is 11.4. The summed E-state index contributed by atoms with van der Waals surface area (Å²) in [6, 6.07) is 10.3. The number of ether oxygens (including phenoxy) is 1. The molecule has 0 radical (unpaired) electrons. The predicted molar refractivity (Wildman–Crippen MR) is 169 cm³/mol. The van der Waals surface area contributed by atoms with Crippen molar-refractivity contribution in [1.82, 2.24) is 24.8 Å². The van der Waals surface area contributed by atoms with Gasteiger partial charge < -0.3 is 15.0 Å². The van der Waals surface area contributed by atoms with Crippen LogP contribution in [0.25, 0.3) is 27.5 Å². The van der Waals surface area contributed by atoms with Crippen molar-refractivity contribution in [1.29, 1.82) is 0 Å². The van der Waals surface area contributed by atoms with E-state index in [1.54, 1.807) is 29.2 Å². The maximum Gasteiger partial charge on any atom is 0.280 e. The maximum absolute atomic E-state index is 14.6. The van der Waals surface area contributed by atoms with E-state index in [1.165, 1.54) is 23.6 Å². The summed E-state index contributed by atoms with van der Waals surface area (Å²) in [6.07, 6.45) is -0.144. The van der Waals surface area contributed by atoms with Gasteiger partial charge in [-0.3, -0.25) is 19.1 Å². The van der Waals surface area contributed by atoms with E-state index in [1.807, 2.05) is 36.9 Å². The van der Waals surface area contributed by atoms with E-state index < -0.39 is 6.43 Å². The van der Waals surface area contributed by atoms with Crippen LogP contribution in [0.4, 0.5) is 8.78 Å². The van der Waals surface area contributed by atoms with E-state index in [9.17, 15) is 18.4 Å². The molecule has 0 unspecified atom stereocenters. The molecule has 0 aliphatic carbocycles. The highest BCUT2D eigenvalue weighted by atomic mass is 32.1. The Morgan fingerprint density at radius 1 is 1.20 bits per heavy atom. The fraction of sp³-hybridized carbons (Fsp3) is 0.394. The van der Waals surface area contributed by atoms with Gasteiger partial charge in [0, 0.05) is 54.6 Å². The molecule has 8 nitrogen and oxygen atoms in total. The van der Waals surface area contributed by atoms with Crippen molar-refractivity contribution in [3.8, 4) is 33.3 Å². The van der Waals surface area contributed by atoms with Crippen LogP contribution >= 0.6 is 11.3 Å². The van der Waals surface area contributed by atoms with E-state index in [4.69, 9.17) is 9.72 Å². The van der Waals surface area contributed by atoms with Crippen molar-refractivity contribution in [2.45, 2.75) is 53.0 Å². The highest BCUT2D eigenvalue weighted by molar-refractivity contribution is 7.13. The molecule has 0 spiro atoms. The van der Waals surface area contributed by atoms with Gasteiger partial charge in [-0.2, -0.15) is 0 Å². The zero-order valence-electron chi connectivity index (χ0n) is 25.6. The highest BCUT2D eigenvalue weighted by Crippen LogP contribution is 2.32. The van der Waals surface area contributed by atoms with Gasteiger partial charge in [-0.1, -0.05) is 26.8 Å². The van der Waals surface area contributed by atoms with Gasteiger partial charge in [0.1, 0.15) is 16.5 Å². The number of methoxy groups -OCH3 is 1. The van der Waals surface area contributed by atoms with Gasteiger partial charge in [0.15, 0.2) is 0 Å². The number of nitrogens with one attached hydrogen (secondary N) is 1. The Bertz CT molecular complexity index is 1700. The molecule has 1 fully saturated rings. The molecule has 0 bridgehead atoms. The van der Waals surface area contributed by atoms with Crippen molar-refractivity contribution >= 4 is 17.2 Å². The van der Waals surface area contributed by atoms with Crippen molar-refractivity contribution in [3.05, 3.63) is 80.8 Å². The van der Waals surface area contributed by atoms with Crippen LogP contribution in [0.15, 0.2) is 52.8 Å². The highest BCUT2D eigenvalue weighted by Gasteiger charge is 2.29. The lowest BCUT2D eigenvalue weighted by Crippen LogP contribution is -2.51. The molecule has 11 heteroatoms. The fourth-order valence-corrected chi connectivity index (χ4v) is 6.35. The molecule has 232 valence electrons. The van der Waals surface area contributed by atoms with Gasteiger partial charge in [0.05, 0.1) is 29.6 Å².